The fourth-order valence-corrected chi connectivity index (χ4v) is 2.77. The number of ether oxygens (including phenoxy) is 1. The van der Waals surface area contributed by atoms with Crippen molar-refractivity contribution in [2.24, 2.45) is 0 Å². The average Bonchev–Trinajstić information content (AvgIpc) is 2.62. The maximum absolute atomic E-state index is 5.98. The third-order valence-corrected chi connectivity index (χ3v) is 3.77. The van der Waals surface area contributed by atoms with E-state index in [4.69, 9.17) is 4.74 Å². The van der Waals surface area contributed by atoms with Gasteiger partial charge in [-0.3, -0.25) is 4.90 Å². The van der Waals surface area contributed by atoms with Crippen LogP contribution >= 0.6 is 0 Å². The van der Waals surface area contributed by atoms with Crippen molar-refractivity contribution < 1.29 is 4.74 Å². The van der Waals surface area contributed by atoms with Crippen molar-refractivity contribution in [2.45, 2.75) is 32.4 Å². The number of rotatable bonds is 2. The first-order valence-electron chi connectivity index (χ1n) is 5.92. The molecule has 0 aliphatic carbocycles. The molecule has 0 aromatic rings. The lowest BCUT2D eigenvalue weighted by atomic mass is 9.99. The Morgan fingerprint density at radius 2 is 1.79 bits per heavy atom. The average molecular weight is 198 g/mol. The molecule has 0 amide bonds. The molecule has 14 heavy (non-hydrogen) atoms. The zero-order valence-corrected chi connectivity index (χ0v) is 9.46. The van der Waals surface area contributed by atoms with Crippen molar-refractivity contribution >= 4 is 0 Å². The predicted molar refractivity (Wildman–Crippen MR) is 57.3 cm³/mol. The van der Waals surface area contributed by atoms with Gasteiger partial charge in [0.1, 0.15) is 5.72 Å². The van der Waals surface area contributed by atoms with Gasteiger partial charge in [0.2, 0.25) is 0 Å². The first-order chi connectivity index (χ1) is 6.80. The summed E-state index contributed by atoms with van der Waals surface area (Å²) in [6.45, 7) is 11.3. The van der Waals surface area contributed by atoms with E-state index < -0.39 is 0 Å². The van der Waals surface area contributed by atoms with Gasteiger partial charge in [0.15, 0.2) is 0 Å². The zero-order valence-electron chi connectivity index (χ0n) is 9.46. The standard InChI is InChI=1S/C11H22N2O/c1-3-12-7-5-11(6-8-12)13(4-2)9-10-14-11/h3-10H2,1-2H3. The molecule has 0 atom stereocenters. The second-order valence-corrected chi connectivity index (χ2v) is 4.31. The summed E-state index contributed by atoms with van der Waals surface area (Å²) in [5.74, 6) is 0. The summed E-state index contributed by atoms with van der Waals surface area (Å²) < 4.78 is 5.98. The van der Waals surface area contributed by atoms with Crippen molar-refractivity contribution in [1.82, 2.24) is 9.80 Å². The summed E-state index contributed by atoms with van der Waals surface area (Å²) in [4.78, 5) is 5.03. The van der Waals surface area contributed by atoms with Crippen LogP contribution < -0.4 is 0 Å². The summed E-state index contributed by atoms with van der Waals surface area (Å²) >= 11 is 0. The molecule has 0 aromatic heterocycles. The van der Waals surface area contributed by atoms with Gasteiger partial charge in [0.25, 0.3) is 0 Å². The summed E-state index contributed by atoms with van der Waals surface area (Å²) in [6.07, 6.45) is 2.38. The molecule has 2 fully saturated rings. The molecule has 0 N–H and O–H groups in total. The molecule has 0 unspecified atom stereocenters. The van der Waals surface area contributed by atoms with Crippen LogP contribution in [-0.4, -0.2) is 54.9 Å². The first kappa shape index (κ1) is 10.4. The maximum Gasteiger partial charge on any atom is 0.124 e. The SMILES string of the molecule is CCN1CCC2(CC1)OCCN2CC. The van der Waals surface area contributed by atoms with Gasteiger partial charge in [0, 0.05) is 32.5 Å². The van der Waals surface area contributed by atoms with Crippen molar-refractivity contribution in [2.75, 3.05) is 39.3 Å². The highest BCUT2D eigenvalue weighted by atomic mass is 16.5. The quantitative estimate of drug-likeness (QED) is 0.662. The van der Waals surface area contributed by atoms with E-state index >= 15 is 0 Å². The normalized spacial score (nSPS) is 28.7. The molecule has 0 saturated carbocycles. The minimum absolute atomic E-state index is 0.112. The van der Waals surface area contributed by atoms with Gasteiger partial charge in [-0.25, -0.2) is 0 Å². The Kier molecular flexibility index (Phi) is 3.10. The molecule has 3 heteroatoms. The topological polar surface area (TPSA) is 15.7 Å². The second-order valence-electron chi connectivity index (χ2n) is 4.31. The number of piperidine rings is 1. The van der Waals surface area contributed by atoms with Crippen LogP contribution in [0.2, 0.25) is 0 Å². The highest BCUT2D eigenvalue weighted by Crippen LogP contribution is 2.33. The van der Waals surface area contributed by atoms with E-state index in [1.807, 2.05) is 0 Å². The van der Waals surface area contributed by atoms with E-state index in [9.17, 15) is 0 Å². The molecule has 82 valence electrons. The number of likely N-dealkylation sites (N-methyl/N-ethyl adjacent to an activating group) is 1. The van der Waals surface area contributed by atoms with Gasteiger partial charge in [-0.1, -0.05) is 13.8 Å². The molecule has 3 nitrogen and oxygen atoms in total. The lowest BCUT2D eigenvalue weighted by molar-refractivity contribution is -0.117. The smallest absolute Gasteiger partial charge is 0.124 e. The highest BCUT2D eigenvalue weighted by Gasteiger charge is 2.43. The summed E-state index contributed by atoms with van der Waals surface area (Å²) in [5, 5.41) is 0. The van der Waals surface area contributed by atoms with Crippen LogP contribution in [-0.2, 0) is 4.74 Å². The van der Waals surface area contributed by atoms with Gasteiger partial charge in [-0.15, -0.1) is 0 Å². The predicted octanol–water partition coefficient (Wildman–Crippen LogP) is 1.15. The number of likely N-dealkylation sites (tertiary alicyclic amines) is 1. The second kappa shape index (κ2) is 4.17. The van der Waals surface area contributed by atoms with E-state index in [1.165, 1.54) is 32.5 Å². The van der Waals surface area contributed by atoms with Crippen LogP contribution in [0.1, 0.15) is 26.7 Å². The minimum Gasteiger partial charge on any atom is -0.359 e. The Bertz CT molecular complexity index is 188. The largest absolute Gasteiger partial charge is 0.359 e. The molecule has 1 spiro atoms. The lowest BCUT2D eigenvalue weighted by Crippen LogP contribution is -2.52. The van der Waals surface area contributed by atoms with Gasteiger partial charge in [0.05, 0.1) is 6.61 Å². The maximum atomic E-state index is 5.98. The van der Waals surface area contributed by atoms with Crippen LogP contribution in [0.3, 0.4) is 0 Å². The summed E-state index contributed by atoms with van der Waals surface area (Å²) in [7, 11) is 0. The Balaban J connectivity index is 1.97. The van der Waals surface area contributed by atoms with Crippen LogP contribution in [0.5, 0.6) is 0 Å². The minimum atomic E-state index is 0.112. The fourth-order valence-electron chi connectivity index (χ4n) is 2.77. The van der Waals surface area contributed by atoms with E-state index in [1.54, 1.807) is 0 Å². The fraction of sp³-hybridized carbons (Fsp3) is 1.00. The van der Waals surface area contributed by atoms with Crippen molar-refractivity contribution in [1.29, 1.82) is 0 Å². The van der Waals surface area contributed by atoms with E-state index in [-0.39, 0.29) is 5.72 Å². The van der Waals surface area contributed by atoms with Crippen LogP contribution in [0.4, 0.5) is 0 Å². The van der Waals surface area contributed by atoms with Gasteiger partial charge in [-0.2, -0.15) is 0 Å². The number of hydrogen-bond acceptors (Lipinski definition) is 3. The Labute approximate surface area is 87.0 Å². The molecule has 2 aliphatic rings. The van der Waals surface area contributed by atoms with Crippen LogP contribution in [0.15, 0.2) is 0 Å². The van der Waals surface area contributed by atoms with Crippen molar-refractivity contribution in [3.05, 3.63) is 0 Å². The number of hydrogen-bond donors (Lipinski definition) is 0. The molecular weight excluding hydrogens is 176 g/mol. The summed E-state index contributed by atoms with van der Waals surface area (Å²) in [6, 6.07) is 0. The van der Waals surface area contributed by atoms with E-state index in [0.29, 0.717) is 0 Å². The molecule has 2 heterocycles. The molecule has 2 saturated heterocycles. The van der Waals surface area contributed by atoms with E-state index in [0.717, 1.165) is 19.7 Å². The Hall–Kier alpha value is -0.120. The van der Waals surface area contributed by atoms with Crippen molar-refractivity contribution in [3.8, 4) is 0 Å². The third-order valence-electron chi connectivity index (χ3n) is 3.77. The van der Waals surface area contributed by atoms with Gasteiger partial charge >= 0.3 is 0 Å². The Morgan fingerprint density at radius 1 is 1.07 bits per heavy atom. The van der Waals surface area contributed by atoms with E-state index in [2.05, 4.69) is 23.6 Å². The molecule has 0 bridgehead atoms. The molecule has 0 radical (unpaired) electrons. The van der Waals surface area contributed by atoms with Crippen LogP contribution in [0.25, 0.3) is 0 Å². The molecular formula is C11H22N2O. The molecule has 2 rings (SSSR count). The van der Waals surface area contributed by atoms with Crippen molar-refractivity contribution in [3.63, 3.8) is 0 Å². The highest BCUT2D eigenvalue weighted by molar-refractivity contribution is 4.90. The molecule has 0 aromatic carbocycles. The number of nitrogens with zero attached hydrogens (tertiary/aromatic N) is 2. The first-order valence-corrected chi connectivity index (χ1v) is 5.92. The zero-order chi connectivity index (χ0) is 10.0. The summed E-state index contributed by atoms with van der Waals surface area (Å²) in [5.41, 5.74) is 0.112. The lowest BCUT2D eigenvalue weighted by Gasteiger charge is -2.43. The van der Waals surface area contributed by atoms with Crippen LogP contribution in [0, 0.1) is 0 Å². The van der Waals surface area contributed by atoms with Gasteiger partial charge in [-0.05, 0) is 13.1 Å². The Morgan fingerprint density at radius 3 is 2.36 bits per heavy atom. The monoisotopic (exact) mass is 198 g/mol. The van der Waals surface area contributed by atoms with Gasteiger partial charge < -0.3 is 9.64 Å². The third kappa shape index (κ3) is 1.69. The molecule has 2 aliphatic heterocycles.